The standard InChI is InChI=1S/C18H25N3OS/c1-4-15(2)21(12-17-7-10-23-14-17)18(22)13-20(3)11-16-5-8-19-9-6-16/h5-10,14-15H,4,11-13H2,1-3H3. The average Bonchev–Trinajstić information content (AvgIpc) is 3.05. The van der Waals surface area contributed by atoms with Crippen LogP contribution in [-0.4, -0.2) is 40.3 Å². The fourth-order valence-electron chi connectivity index (χ4n) is 2.47. The number of carbonyl (C=O) groups is 1. The molecular weight excluding hydrogens is 306 g/mol. The van der Waals surface area contributed by atoms with Gasteiger partial charge in [-0.15, -0.1) is 0 Å². The summed E-state index contributed by atoms with van der Waals surface area (Å²) in [5.74, 6) is 0.183. The second kappa shape index (κ2) is 8.79. The molecule has 2 aromatic rings. The lowest BCUT2D eigenvalue weighted by molar-refractivity contribution is -0.135. The van der Waals surface area contributed by atoms with E-state index in [1.807, 2.05) is 24.1 Å². The van der Waals surface area contributed by atoms with Crippen LogP contribution in [0.1, 0.15) is 31.4 Å². The number of hydrogen-bond donors (Lipinski definition) is 0. The molecule has 0 N–H and O–H groups in total. The Bertz CT molecular complexity index is 586. The van der Waals surface area contributed by atoms with Crippen LogP contribution in [0.3, 0.4) is 0 Å². The minimum absolute atomic E-state index is 0.183. The molecule has 0 saturated heterocycles. The zero-order valence-electron chi connectivity index (χ0n) is 14.1. The molecule has 4 nitrogen and oxygen atoms in total. The Labute approximate surface area is 142 Å². The molecule has 5 heteroatoms. The molecule has 0 saturated carbocycles. The van der Waals surface area contributed by atoms with E-state index in [0.717, 1.165) is 13.0 Å². The van der Waals surface area contributed by atoms with Crippen LogP contribution in [0.25, 0.3) is 0 Å². The maximum absolute atomic E-state index is 12.7. The van der Waals surface area contributed by atoms with E-state index in [1.165, 1.54) is 11.1 Å². The number of rotatable bonds is 8. The maximum atomic E-state index is 12.7. The van der Waals surface area contributed by atoms with Gasteiger partial charge in [0, 0.05) is 31.5 Å². The third-order valence-corrected chi connectivity index (χ3v) is 4.72. The van der Waals surface area contributed by atoms with E-state index in [2.05, 4.69) is 40.6 Å². The zero-order valence-corrected chi connectivity index (χ0v) is 14.9. The summed E-state index contributed by atoms with van der Waals surface area (Å²) < 4.78 is 0. The molecule has 2 rings (SSSR count). The summed E-state index contributed by atoms with van der Waals surface area (Å²) in [5, 5.41) is 4.17. The van der Waals surface area contributed by atoms with Gasteiger partial charge in [0.15, 0.2) is 0 Å². The van der Waals surface area contributed by atoms with Gasteiger partial charge in [-0.1, -0.05) is 6.92 Å². The number of amides is 1. The molecule has 0 spiro atoms. The van der Waals surface area contributed by atoms with Gasteiger partial charge in [0.05, 0.1) is 6.54 Å². The van der Waals surface area contributed by atoms with Crippen LogP contribution >= 0.6 is 11.3 Å². The molecule has 0 bridgehead atoms. The van der Waals surface area contributed by atoms with Gasteiger partial charge in [0.2, 0.25) is 5.91 Å². The molecule has 0 aliphatic heterocycles. The van der Waals surface area contributed by atoms with E-state index in [9.17, 15) is 4.79 Å². The van der Waals surface area contributed by atoms with Crippen molar-refractivity contribution < 1.29 is 4.79 Å². The molecule has 124 valence electrons. The predicted octanol–water partition coefficient (Wildman–Crippen LogP) is 3.40. The normalized spacial score (nSPS) is 12.3. The summed E-state index contributed by atoms with van der Waals surface area (Å²) in [5.41, 5.74) is 2.38. The van der Waals surface area contributed by atoms with Crippen molar-refractivity contribution in [1.29, 1.82) is 0 Å². The van der Waals surface area contributed by atoms with E-state index in [-0.39, 0.29) is 11.9 Å². The Morgan fingerprint density at radius 1 is 1.22 bits per heavy atom. The lowest BCUT2D eigenvalue weighted by Crippen LogP contribution is -2.43. The molecule has 0 fully saturated rings. The van der Waals surface area contributed by atoms with Crippen molar-refractivity contribution in [2.75, 3.05) is 13.6 Å². The largest absolute Gasteiger partial charge is 0.335 e. The monoisotopic (exact) mass is 331 g/mol. The smallest absolute Gasteiger partial charge is 0.237 e. The SMILES string of the molecule is CCC(C)N(Cc1ccsc1)C(=O)CN(C)Cc1ccncc1. The Morgan fingerprint density at radius 2 is 1.96 bits per heavy atom. The first-order valence-electron chi connectivity index (χ1n) is 7.98. The predicted molar refractivity (Wildman–Crippen MR) is 95.2 cm³/mol. The van der Waals surface area contributed by atoms with Gasteiger partial charge < -0.3 is 4.90 Å². The highest BCUT2D eigenvalue weighted by atomic mass is 32.1. The lowest BCUT2D eigenvalue weighted by Gasteiger charge is -2.30. The first-order chi connectivity index (χ1) is 11.1. The van der Waals surface area contributed by atoms with Crippen molar-refractivity contribution in [2.24, 2.45) is 0 Å². The minimum atomic E-state index is 0.183. The summed E-state index contributed by atoms with van der Waals surface area (Å²) >= 11 is 1.67. The van der Waals surface area contributed by atoms with Gasteiger partial charge in [0.25, 0.3) is 0 Å². The summed E-state index contributed by atoms with van der Waals surface area (Å²) in [7, 11) is 1.98. The average molecular weight is 331 g/mol. The number of hydrogen-bond acceptors (Lipinski definition) is 4. The Kier molecular flexibility index (Phi) is 6.74. The molecule has 0 aliphatic carbocycles. The summed E-state index contributed by atoms with van der Waals surface area (Å²) in [6.07, 6.45) is 4.53. The van der Waals surface area contributed by atoms with Crippen molar-refractivity contribution in [3.05, 3.63) is 52.5 Å². The van der Waals surface area contributed by atoms with E-state index >= 15 is 0 Å². The van der Waals surface area contributed by atoms with Gasteiger partial charge in [-0.25, -0.2) is 0 Å². The first-order valence-corrected chi connectivity index (χ1v) is 8.92. The van der Waals surface area contributed by atoms with Crippen LogP contribution in [0.5, 0.6) is 0 Å². The minimum Gasteiger partial charge on any atom is -0.335 e. The number of thiophene rings is 1. The molecule has 2 heterocycles. The van der Waals surface area contributed by atoms with Crippen LogP contribution < -0.4 is 0 Å². The highest BCUT2D eigenvalue weighted by Gasteiger charge is 2.20. The zero-order chi connectivity index (χ0) is 16.7. The number of likely N-dealkylation sites (N-methyl/N-ethyl adjacent to an activating group) is 1. The highest BCUT2D eigenvalue weighted by Crippen LogP contribution is 2.14. The van der Waals surface area contributed by atoms with E-state index < -0.39 is 0 Å². The van der Waals surface area contributed by atoms with Crippen molar-refractivity contribution >= 4 is 17.2 Å². The van der Waals surface area contributed by atoms with Gasteiger partial charge >= 0.3 is 0 Å². The molecule has 1 unspecified atom stereocenters. The van der Waals surface area contributed by atoms with Gasteiger partial charge in [0.1, 0.15) is 0 Å². The van der Waals surface area contributed by atoms with Crippen molar-refractivity contribution in [3.8, 4) is 0 Å². The molecule has 1 atom stereocenters. The molecule has 0 aromatic carbocycles. The van der Waals surface area contributed by atoms with Crippen molar-refractivity contribution in [2.45, 2.75) is 39.4 Å². The van der Waals surface area contributed by atoms with Gasteiger partial charge in [-0.3, -0.25) is 14.7 Å². The van der Waals surface area contributed by atoms with Crippen molar-refractivity contribution in [1.82, 2.24) is 14.8 Å². The molecular formula is C18H25N3OS. The summed E-state index contributed by atoms with van der Waals surface area (Å²) in [4.78, 5) is 20.8. The third kappa shape index (κ3) is 5.44. The molecule has 1 amide bonds. The van der Waals surface area contributed by atoms with Gasteiger partial charge in [-0.2, -0.15) is 11.3 Å². The van der Waals surface area contributed by atoms with E-state index in [4.69, 9.17) is 0 Å². The van der Waals surface area contributed by atoms with Crippen molar-refractivity contribution in [3.63, 3.8) is 0 Å². The Balaban J connectivity index is 1.96. The fourth-order valence-corrected chi connectivity index (χ4v) is 3.13. The van der Waals surface area contributed by atoms with Crippen LogP contribution in [-0.2, 0) is 17.9 Å². The number of carbonyl (C=O) groups excluding carboxylic acids is 1. The van der Waals surface area contributed by atoms with Crippen LogP contribution in [0, 0.1) is 0 Å². The molecule has 0 radical (unpaired) electrons. The first kappa shape index (κ1) is 17.6. The lowest BCUT2D eigenvalue weighted by atomic mass is 10.2. The molecule has 0 aliphatic rings. The molecule has 2 aromatic heterocycles. The number of aromatic nitrogens is 1. The van der Waals surface area contributed by atoms with Crippen LogP contribution in [0.15, 0.2) is 41.4 Å². The fraction of sp³-hybridized carbons (Fsp3) is 0.444. The summed E-state index contributed by atoms with van der Waals surface area (Å²) in [6.45, 7) is 6.12. The Morgan fingerprint density at radius 3 is 2.57 bits per heavy atom. The Hall–Kier alpha value is -1.72. The molecule has 23 heavy (non-hydrogen) atoms. The third-order valence-electron chi connectivity index (χ3n) is 3.98. The van der Waals surface area contributed by atoms with Gasteiger partial charge in [-0.05, 0) is 60.5 Å². The van der Waals surface area contributed by atoms with Crippen LogP contribution in [0.2, 0.25) is 0 Å². The number of nitrogens with zero attached hydrogens (tertiary/aromatic N) is 3. The second-order valence-corrected chi connectivity index (χ2v) is 6.72. The van der Waals surface area contributed by atoms with E-state index in [0.29, 0.717) is 13.1 Å². The van der Waals surface area contributed by atoms with Crippen LogP contribution in [0.4, 0.5) is 0 Å². The van der Waals surface area contributed by atoms with E-state index in [1.54, 1.807) is 23.7 Å². The number of pyridine rings is 1. The maximum Gasteiger partial charge on any atom is 0.237 e. The highest BCUT2D eigenvalue weighted by molar-refractivity contribution is 7.07. The summed E-state index contributed by atoms with van der Waals surface area (Å²) in [6, 6.07) is 6.31. The topological polar surface area (TPSA) is 36.4 Å². The quantitative estimate of drug-likeness (QED) is 0.744. The second-order valence-electron chi connectivity index (χ2n) is 5.94.